The number of ether oxygens (including phenoxy) is 2. The fraction of sp³-hybridized carbons (Fsp3) is 0.682. The van der Waals surface area contributed by atoms with Crippen LogP contribution in [0.5, 0.6) is 5.75 Å². The van der Waals surface area contributed by atoms with Gasteiger partial charge in [0.15, 0.2) is 0 Å². The molecule has 1 aromatic carbocycles. The van der Waals surface area contributed by atoms with Crippen LogP contribution in [0.2, 0.25) is 5.02 Å². The second kappa shape index (κ2) is 7.10. The van der Waals surface area contributed by atoms with Crippen molar-refractivity contribution < 1.29 is 14.3 Å². The van der Waals surface area contributed by atoms with Gasteiger partial charge in [0.2, 0.25) is 0 Å². The minimum absolute atomic E-state index is 0.109. The molecule has 1 aromatic rings. The zero-order chi connectivity index (χ0) is 19.3. The molecule has 3 fully saturated rings. The number of rotatable bonds is 2. The Morgan fingerprint density at radius 2 is 1.93 bits per heavy atom. The van der Waals surface area contributed by atoms with Gasteiger partial charge in [-0.15, -0.1) is 0 Å². The molecule has 2 atom stereocenters. The van der Waals surface area contributed by atoms with Crippen molar-refractivity contribution >= 4 is 17.7 Å². The minimum atomic E-state index is -0.109. The normalized spacial score (nSPS) is 30.9. The number of carbonyl (C=O) groups is 1. The quantitative estimate of drug-likeness (QED) is 0.740. The molecule has 4 aliphatic rings. The first-order valence-electron chi connectivity index (χ1n) is 10.7. The summed E-state index contributed by atoms with van der Waals surface area (Å²) < 4.78 is 11.3. The van der Waals surface area contributed by atoms with Gasteiger partial charge in [-0.3, -0.25) is 0 Å². The number of likely N-dealkylation sites (tertiary alicyclic amines) is 1. The molecular formula is C22H29ClN2O3. The van der Waals surface area contributed by atoms with Crippen LogP contribution in [0, 0.1) is 0 Å². The largest absolute Gasteiger partial charge is 0.492 e. The van der Waals surface area contributed by atoms with E-state index in [0.29, 0.717) is 24.7 Å². The topological polar surface area (TPSA) is 42.0 Å². The number of carbonyl (C=O) groups excluding carboxylic acids is 1. The third kappa shape index (κ3) is 2.98. The van der Waals surface area contributed by atoms with E-state index in [-0.39, 0.29) is 11.5 Å². The minimum Gasteiger partial charge on any atom is -0.492 e. The molecule has 0 aliphatic carbocycles. The first kappa shape index (κ1) is 18.6. The van der Waals surface area contributed by atoms with Crippen molar-refractivity contribution in [3.63, 3.8) is 0 Å². The van der Waals surface area contributed by atoms with E-state index in [9.17, 15) is 4.79 Å². The second-order valence-electron chi connectivity index (χ2n) is 8.86. The van der Waals surface area contributed by atoms with Crippen LogP contribution in [0.1, 0.15) is 51.0 Å². The van der Waals surface area contributed by atoms with Gasteiger partial charge < -0.3 is 19.3 Å². The van der Waals surface area contributed by atoms with E-state index in [0.717, 1.165) is 69.0 Å². The summed E-state index contributed by atoms with van der Waals surface area (Å²) in [5.41, 5.74) is 1.43. The second-order valence-corrected chi connectivity index (χ2v) is 9.30. The molecule has 4 heterocycles. The highest BCUT2D eigenvalue weighted by atomic mass is 35.5. The summed E-state index contributed by atoms with van der Waals surface area (Å²) in [6.07, 6.45) is 6.54. The molecule has 0 radical (unpaired) electrons. The third-order valence-electron chi connectivity index (χ3n) is 7.48. The van der Waals surface area contributed by atoms with Crippen molar-refractivity contribution in [3.8, 4) is 5.75 Å². The number of piperidine rings is 2. The van der Waals surface area contributed by atoms with E-state index in [4.69, 9.17) is 21.1 Å². The Labute approximate surface area is 171 Å². The fourth-order valence-corrected chi connectivity index (χ4v) is 6.18. The Bertz CT molecular complexity index is 748. The standard InChI is InChI=1S/C22H29ClN2O3/c1-2-27-21(26)25-16-4-5-17(25)13-18(12-16)24-9-7-22(8-10-24)14-28-20-6-3-15(23)11-19(20)22/h3,6,11,16-18H,2,4-5,7-10,12-14H2,1H3. The van der Waals surface area contributed by atoms with Gasteiger partial charge in [-0.25, -0.2) is 4.79 Å². The Balaban J connectivity index is 1.25. The van der Waals surface area contributed by atoms with E-state index in [1.54, 1.807) is 0 Å². The average molecular weight is 405 g/mol. The van der Waals surface area contributed by atoms with Gasteiger partial charge >= 0.3 is 6.09 Å². The monoisotopic (exact) mass is 404 g/mol. The number of fused-ring (bicyclic) bond motifs is 4. The van der Waals surface area contributed by atoms with Crippen LogP contribution in [0.25, 0.3) is 0 Å². The Kier molecular flexibility index (Phi) is 4.71. The lowest BCUT2D eigenvalue weighted by Crippen LogP contribution is -2.55. The molecule has 152 valence electrons. The van der Waals surface area contributed by atoms with Crippen LogP contribution in [0.3, 0.4) is 0 Å². The molecule has 28 heavy (non-hydrogen) atoms. The molecule has 1 amide bonds. The van der Waals surface area contributed by atoms with Crippen molar-refractivity contribution in [1.82, 2.24) is 9.80 Å². The van der Waals surface area contributed by atoms with E-state index in [1.807, 2.05) is 24.0 Å². The summed E-state index contributed by atoms with van der Waals surface area (Å²) in [7, 11) is 0. The van der Waals surface area contributed by atoms with Crippen molar-refractivity contribution in [3.05, 3.63) is 28.8 Å². The van der Waals surface area contributed by atoms with E-state index in [2.05, 4.69) is 11.0 Å². The number of benzene rings is 1. The van der Waals surface area contributed by atoms with Crippen LogP contribution < -0.4 is 4.74 Å². The van der Waals surface area contributed by atoms with E-state index < -0.39 is 0 Å². The summed E-state index contributed by atoms with van der Waals surface area (Å²) in [5.74, 6) is 1.01. The summed E-state index contributed by atoms with van der Waals surface area (Å²) in [5, 5.41) is 0.800. The summed E-state index contributed by atoms with van der Waals surface area (Å²) in [6, 6.07) is 7.34. The highest BCUT2D eigenvalue weighted by Gasteiger charge is 2.48. The molecule has 5 rings (SSSR count). The number of halogens is 1. The van der Waals surface area contributed by atoms with Crippen LogP contribution in [-0.2, 0) is 10.2 Å². The van der Waals surface area contributed by atoms with Gasteiger partial charge in [0.1, 0.15) is 5.75 Å². The van der Waals surface area contributed by atoms with Crippen LogP contribution in [0.15, 0.2) is 18.2 Å². The van der Waals surface area contributed by atoms with Crippen LogP contribution in [0.4, 0.5) is 4.79 Å². The molecule has 3 saturated heterocycles. The smallest absolute Gasteiger partial charge is 0.410 e. The SMILES string of the molecule is CCOC(=O)N1C2CCC1CC(N1CCC3(CC1)COc1ccc(Cl)cc13)C2. The molecule has 1 spiro atoms. The molecular weight excluding hydrogens is 376 g/mol. The highest BCUT2D eigenvalue weighted by Crippen LogP contribution is 2.47. The molecule has 6 heteroatoms. The van der Waals surface area contributed by atoms with Gasteiger partial charge in [-0.2, -0.15) is 0 Å². The van der Waals surface area contributed by atoms with E-state index >= 15 is 0 Å². The van der Waals surface area contributed by atoms with Crippen molar-refractivity contribution in [1.29, 1.82) is 0 Å². The lowest BCUT2D eigenvalue weighted by atomic mass is 9.74. The lowest BCUT2D eigenvalue weighted by Gasteiger charge is -2.46. The summed E-state index contributed by atoms with van der Waals surface area (Å²) in [4.78, 5) is 17.0. The summed E-state index contributed by atoms with van der Waals surface area (Å²) >= 11 is 6.27. The maximum absolute atomic E-state index is 12.3. The van der Waals surface area contributed by atoms with Crippen molar-refractivity contribution in [2.75, 3.05) is 26.3 Å². The number of nitrogens with zero attached hydrogens (tertiary/aromatic N) is 2. The maximum Gasteiger partial charge on any atom is 0.410 e. The lowest BCUT2D eigenvalue weighted by molar-refractivity contribution is 0.0249. The Morgan fingerprint density at radius 3 is 2.61 bits per heavy atom. The van der Waals surface area contributed by atoms with Crippen LogP contribution >= 0.6 is 11.6 Å². The Morgan fingerprint density at radius 1 is 1.21 bits per heavy atom. The van der Waals surface area contributed by atoms with Crippen molar-refractivity contribution in [2.45, 2.75) is 69.0 Å². The number of hydrogen-bond donors (Lipinski definition) is 0. The van der Waals surface area contributed by atoms with Gasteiger partial charge in [0.25, 0.3) is 0 Å². The Hall–Kier alpha value is -1.46. The predicted octanol–water partition coefficient (Wildman–Crippen LogP) is 4.22. The molecule has 0 aromatic heterocycles. The highest BCUT2D eigenvalue weighted by molar-refractivity contribution is 6.30. The zero-order valence-electron chi connectivity index (χ0n) is 16.5. The molecule has 0 N–H and O–H groups in total. The van der Waals surface area contributed by atoms with Gasteiger partial charge in [0.05, 0.1) is 13.2 Å². The van der Waals surface area contributed by atoms with Gasteiger partial charge in [-0.05, 0) is 76.7 Å². The molecule has 4 aliphatic heterocycles. The number of amides is 1. The fourth-order valence-electron chi connectivity index (χ4n) is 6.01. The predicted molar refractivity (Wildman–Crippen MR) is 108 cm³/mol. The molecule has 5 nitrogen and oxygen atoms in total. The first-order valence-corrected chi connectivity index (χ1v) is 11.1. The molecule has 2 unspecified atom stereocenters. The van der Waals surface area contributed by atoms with Crippen molar-refractivity contribution in [2.24, 2.45) is 0 Å². The first-order chi connectivity index (χ1) is 13.6. The summed E-state index contributed by atoms with van der Waals surface area (Å²) in [6.45, 7) is 5.31. The van der Waals surface area contributed by atoms with Gasteiger partial charge in [-0.1, -0.05) is 11.6 Å². The van der Waals surface area contributed by atoms with E-state index in [1.165, 1.54) is 5.56 Å². The third-order valence-corrected chi connectivity index (χ3v) is 7.71. The van der Waals surface area contributed by atoms with Crippen LogP contribution in [-0.4, -0.2) is 60.3 Å². The zero-order valence-corrected chi connectivity index (χ0v) is 17.3. The maximum atomic E-state index is 12.3. The molecule has 2 bridgehead atoms. The number of hydrogen-bond acceptors (Lipinski definition) is 4. The van der Waals surface area contributed by atoms with Gasteiger partial charge in [0, 0.05) is 34.1 Å². The molecule has 0 saturated carbocycles. The average Bonchev–Trinajstić information content (AvgIpc) is 3.17.